The number of likely N-dealkylation sites (tertiary alicyclic amines) is 1. The summed E-state index contributed by atoms with van der Waals surface area (Å²) in [7, 11) is -3.95. The molecule has 1 saturated carbocycles. The second-order valence-electron chi connectivity index (χ2n) is 6.94. The van der Waals surface area contributed by atoms with E-state index in [9.17, 15) is 23.1 Å². The first-order valence-corrected chi connectivity index (χ1v) is 9.93. The van der Waals surface area contributed by atoms with Crippen LogP contribution in [0.15, 0.2) is 23.1 Å². The van der Waals surface area contributed by atoms with Crippen molar-refractivity contribution in [3.63, 3.8) is 0 Å². The van der Waals surface area contributed by atoms with E-state index in [0.29, 0.717) is 12.0 Å². The molecule has 1 aliphatic heterocycles. The number of amides is 1. The first-order valence-electron chi connectivity index (χ1n) is 8.39. The van der Waals surface area contributed by atoms with Gasteiger partial charge in [0.05, 0.1) is 4.90 Å². The van der Waals surface area contributed by atoms with Crippen molar-refractivity contribution in [1.29, 1.82) is 0 Å². The third kappa shape index (κ3) is 3.28. The van der Waals surface area contributed by atoms with Crippen LogP contribution in [0, 0.1) is 12.8 Å². The van der Waals surface area contributed by atoms with Gasteiger partial charge < -0.3 is 10.0 Å². The van der Waals surface area contributed by atoms with E-state index >= 15 is 0 Å². The third-order valence-corrected chi connectivity index (χ3v) is 6.40. The largest absolute Gasteiger partial charge is 0.480 e. The van der Waals surface area contributed by atoms with Gasteiger partial charge in [-0.3, -0.25) is 4.79 Å². The summed E-state index contributed by atoms with van der Waals surface area (Å²) >= 11 is 0. The van der Waals surface area contributed by atoms with Gasteiger partial charge in [-0.1, -0.05) is 18.9 Å². The molecule has 25 heavy (non-hydrogen) atoms. The number of benzene rings is 1. The average Bonchev–Trinajstić information content (AvgIpc) is 2.93. The van der Waals surface area contributed by atoms with E-state index in [1.54, 1.807) is 6.92 Å². The Balaban J connectivity index is 1.99. The van der Waals surface area contributed by atoms with Crippen molar-refractivity contribution >= 4 is 21.9 Å². The molecule has 3 atom stereocenters. The minimum atomic E-state index is -3.95. The number of sulfonamides is 1. The number of fused-ring (bicyclic) bond motifs is 1. The van der Waals surface area contributed by atoms with Gasteiger partial charge in [0.15, 0.2) is 0 Å². The number of aryl methyl sites for hydroxylation is 1. The van der Waals surface area contributed by atoms with Crippen molar-refractivity contribution in [1.82, 2.24) is 4.90 Å². The number of carbonyl (C=O) groups excluding carboxylic acids is 1. The van der Waals surface area contributed by atoms with Crippen molar-refractivity contribution in [2.75, 3.05) is 0 Å². The van der Waals surface area contributed by atoms with E-state index in [1.165, 1.54) is 23.1 Å². The van der Waals surface area contributed by atoms with Crippen molar-refractivity contribution in [3.05, 3.63) is 29.3 Å². The van der Waals surface area contributed by atoms with Gasteiger partial charge in [-0.25, -0.2) is 18.4 Å². The maximum atomic E-state index is 13.0. The maximum Gasteiger partial charge on any atom is 0.326 e. The number of carbonyl (C=O) groups is 2. The van der Waals surface area contributed by atoms with Gasteiger partial charge in [0.1, 0.15) is 6.04 Å². The highest BCUT2D eigenvalue weighted by Gasteiger charge is 2.47. The number of carboxylic acids is 1. The number of aliphatic carboxylic acids is 1. The van der Waals surface area contributed by atoms with Crippen LogP contribution >= 0.6 is 0 Å². The number of carboxylic acid groups (broad SMARTS) is 1. The highest BCUT2D eigenvalue weighted by atomic mass is 32.2. The van der Waals surface area contributed by atoms with Crippen LogP contribution in [-0.4, -0.2) is 42.4 Å². The zero-order chi connectivity index (χ0) is 18.4. The van der Waals surface area contributed by atoms with Gasteiger partial charge in [0, 0.05) is 11.6 Å². The van der Waals surface area contributed by atoms with E-state index in [2.05, 4.69) is 0 Å². The molecule has 0 spiro atoms. The topological polar surface area (TPSA) is 118 Å². The summed E-state index contributed by atoms with van der Waals surface area (Å²) in [6, 6.07) is 3.35. The predicted octanol–water partition coefficient (Wildman–Crippen LogP) is 1.50. The Kier molecular flexibility index (Phi) is 4.59. The molecule has 0 radical (unpaired) electrons. The summed E-state index contributed by atoms with van der Waals surface area (Å²) in [5.74, 6) is -1.25. The fourth-order valence-corrected chi connectivity index (χ4v) is 4.97. The molecule has 8 heteroatoms. The first-order chi connectivity index (χ1) is 11.7. The molecule has 1 aliphatic carbocycles. The Hall–Kier alpha value is -1.93. The van der Waals surface area contributed by atoms with Gasteiger partial charge in [0.2, 0.25) is 10.0 Å². The lowest BCUT2D eigenvalue weighted by Gasteiger charge is -2.33. The average molecular weight is 366 g/mol. The fourth-order valence-electron chi connectivity index (χ4n) is 4.16. The van der Waals surface area contributed by atoms with Crippen LogP contribution in [0.5, 0.6) is 0 Å². The Morgan fingerprint density at radius 3 is 2.56 bits per heavy atom. The summed E-state index contributed by atoms with van der Waals surface area (Å²) in [5.41, 5.74) is 0.609. The lowest BCUT2D eigenvalue weighted by atomic mass is 9.84. The smallest absolute Gasteiger partial charge is 0.326 e. The Bertz CT molecular complexity index is 820. The molecule has 136 valence electrons. The van der Waals surface area contributed by atoms with Gasteiger partial charge in [-0.05, 0) is 49.8 Å². The predicted molar refractivity (Wildman–Crippen MR) is 90.5 cm³/mol. The molecule has 0 bridgehead atoms. The number of nitrogens with zero attached hydrogens (tertiary/aromatic N) is 1. The highest BCUT2D eigenvalue weighted by molar-refractivity contribution is 7.89. The Morgan fingerprint density at radius 1 is 1.24 bits per heavy atom. The van der Waals surface area contributed by atoms with Crippen LogP contribution in [0.3, 0.4) is 0 Å². The van der Waals surface area contributed by atoms with E-state index in [4.69, 9.17) is 5.14 Å². The van der Waals surface area contributed by atoms with Crippen LogP contribution in [-0.2, 0) is 14.8 Å². The Morgan fingerprint density at radius 2 is 1.92 bits per heavy atom. The summed E-state index contributed by atoms with van der Waals surface area (Å²) in [4.78, 5) is 26.0. The van der Waals surface area contributed by atoms with Crippen LogP contribution in [0.25, 0.3) is 0 Å². The summed E-state index contributed by atoms with van der Waals surface area (Å²) in [5, 5.41) is 14.8. The van der Waals surface area contributed by atoms with E-state index in [0.717, 1.165) is 25.7 Å². The molecule has 2 fully saturated rings. The molecule has 0 unspecified atom stereocenters. The van der Waals surface area contributed by atoms with Crippen molar-refractivity contribution in [2.24, 2.45) is 11.1 Å². The summed E-state index contributed by atoms with van der Waals surface area (Å²) in [6.45, 7) is 1.60. The molecule has 1 amide bonds. The molecule has 7 nitrogen and oxygen atoms in total. The first kappa shape index (κ1) is 17.9. The van der Waals surface area contributed by atoms with Crippen LogP contribution < -0.4 is 5.14 Å². The van der Waals surface area contributed by atoms with Gasteiger partial charge in [0.25, 0.3) is 5.91 Å². The minimum Gasteiger partial charge on any atom is -0.480 e. The number of rotatable bonds is 3. The number of hydrogen-bond acceptors (Lipinski definition) is 4. The SMILES string of the molecule is Cc1ccc(C(=O)N2[C@@H]3CCCC[C@@H]3C[C@H]2C(=O)O)cc1S(N)(=O)=O. The standard InChI is InChI=1S/C17H22N2O5S/c1-10-6-7-12(9-15(10)25(18,23)24)16(20)19-13-5-3-2-4-11(13)8-14(19)17(21)22/h6-7,9,11,13-14H,2-5,8H2,1H3,(H,21,22)(H2,18,23,24)/t11-,13-,14+/m1/s1. The van der Waals surface area contributed by atoms with Crippen LogP contribution in [0.1, 0.15) is 48.0 Å². The Labute approximate surface area is 146 Å². The molecule has 1 aromatic carbocycles. The molecule has 1 saturated heterocycles. The number of nitrogens with two attached hydrogens (primary N) is 1. The van der Waals surface area contributed by atoms with E-state index < -0.39 is 27.9 Å². The quantitative estimate of drug-likeness (QED) is 0.840. The third-order valence-electron chi connectivity index (χ3n) is 5.35. The monoisotopic (exact) mass is 366 g/mol. The zero-order valence-electron chi connectivity index (χ0n) is 14.0. The van der Waals surface area contributed by atoms with Gasteiger partial charge in [-0.2, -0.15) is 0 Å². The van der Waals surface area contributed by atoms with Gasteiger partial charge in [-0.15, -0.1) is 0 Å². The van der Waals surface area contributed by atoms with Crippen molar-refractivity contribution in [3.8, 4) is 0 Å². The van der Waals surface area contributed by atoms with E-state index in [1.807, 2.05) is 0 Å². The summed E-state index contributed by atoms with van der Waals surface area (Å²) in [6.07, 6.45) is 4.19. The summed E-state index contributed by atoms with van der Waals surface area (Å²) < 4.78 is 23.4. The van der Waals surface area contributed by atoms with Gasteiger partial charge >= 0.3 is 5.97 Å². The molecule has 1 aromatic rings. The fraction of sp³-hybridized carbons (Fsp3) is 0.529. The number of hydrogen-bond donors (Lipinski definition) is 2. The van der Waals surface area contributed by atoms with Crippen molar-refractivity contribution < 1.29 is 23.1 Å². The van der Waals surface area contributed by atoms with Crippen molar-refractivity contribution in [2.45, 2.75) is 56.0 Å². The molecule has 3 N–H and O–H groups in total. The highest BCUT2D eigenvalue weighted by Crippen LogP contribution is 2.40. The molecule has 3 rings (SSSR count). The molecular weight excluding hydrogens is 344 g/mol. The second-order valence-corrected chi connectivity index (χ2v) is 8.47. The molecule has 2 aliphatic rings. The van der Waals surface area contributed by atoms with Crippen LogP contribution in [0.4, 0.5) is 0 Å². The molecular formula is C17H22N2O5S. The minimum absolute atomic E-state index is 0.0958. The maximum absolute atomic E-state index is 13.0. The van der Waals surface area contributed by atoms with E-state index in [-0.39, 0.29) is 22.4 Å². The lowest BCUT2D eigenvalue weighted by molar-refractivity contribution is -0.141. The second kappa shape index (κ2) is 6.42. The van der Waals surface area contributed by atoms with Crippen LogP contribution in [0.2, 0.25) is 0 Å². The lowest BCUT2D eigenvalue weighted by Crippen LogP contribution is -2.46. The zero-order valence-corrected chi connectivity index (χ0v) is 14.8. The number of primary sulfonamides is 1. The normalized spacial score (nSPS) is 26.3. The molecule has 1 heterocycles. The molecule has 0 aromatic heterocycles.